The molecule has 9 heteroatoms. The van der Waals surface area contributed by atoms with Crippen LogP contribution in [-0.2, 0) is 0 Å². The Kier molecular flexibility index (Phi) is 5.38. The van der Waals surface area contributed by atoms with Gasteiger partial charge in [-0.15, -0.1) is 0 Å². The molecule has 1 heterocycles. The van der Waals surface area contributed by atoms with E-state index in [1.807, 2.05) is 0 Å². The van der Waals surface area contributed by atoms with Crippen molar-refractivity contribution >= 4 is 44.0 Å². The second-order valence-electron chi connectivity index (χ2n) is 5.42. The molecule has 2 aromatic rings. The quantitative estimate of drug-likeness (QED) is 0.456. The van der Waals surface area contributed by atoms with E-state index in [4.69, 9.17) is 9.47 Å². The van der Waals surface area contributed by atoms with Crippen molar-refractivity contribution in [2.45, 2.75) is 6.92 Å². The molecule has 0 saturated heterocycles. The van der Waals surface area contributed by atoms with Crippen LogP contribution in [0.15, 0.2) is 32.2 Å². The number of nitrogens with one attached hydrogen (secondary N) is 1. The lowest BCUT2D eigenvalue weighted by Crippen LogP contribution is -2.19. The van der Waals surface area contributed by atoms with Crippen LogP contribution in [0.3, 0.4) is 0 Å². The van der Waals surface area contributed by atoms with Crippen molar-refractivity contribution in [1.29, 1.82) is 0 Å². The summed E-state index contributed by atoms with van der Waals surface area (Å²) < 4.78 is 11.4. The number of hydrogen-bond donors (Lipinski definition) is 3. The first-order valence-corrected chi connectivity index (χ1v) is 9.11. The Hall–Kier alpha value is -2.26. The van der Waals surface area contributed by atoms with E-state index in [1.54, 1.807) is 25.1 Å². The fourth-order valence-electron chi connectivity index (χ4n) is 2.36. The first-order chi connectivity index (χ1) is 12.4. The number of amides is 1. The van der Waals surface area contributed by atoms with Gasteiger partial charge in [0.05, 0.1) is 10.7 Å². The molecule has 0 aromatic heterocycles. The summed E-state index contributed by atoms with van der Waals surface area (Å²) in [6.07, 6.45) is 1.30. The lowest BCUT2D eigenvalue weighted by molar-refractivity contribution is 0.0954. The number of aromatic hydroxyl groups is 2. The molecule has 2 aromatic carbocycles. The average Bonchev–Trinajstić information content (AvgIpc) is 2.67. The molecule has 0 saturated carbocycles. The number of rotatable bonds is 3. The number of carbonyl (C=O) groups excluding carboxylic acids is 1. The summed E-state index contributed by atoms with van der Waals surface area (Å²) in [4.78, 5) is 12.2. The molecule has 0 fully saturated rings. The zero-order valence-electron chi connectivity index (χ0n) is 13.5. The van der Waals surface area contributed by atoms with Gasteiger partial charge >= 0.3 is 0 Å². The first-order valence-electron chi connectivity index (χ1n) is 7.52. The van der Waals surface area contributed by atoms with E-state index in [1.165, 1.54) is 6.21 Å². The molecule has 0 unspecified atom stereocenters. The van der Waals surface area contributed by atoms with Gasteiger partial charge in [0.15, 0.2) is 11.5 Å². The summed E-state index contributed by atoms with van der Waals surface area (Å²) in [6, 6.07) is 4.85. The molecule has 1 aliphatic rings. The van der Waals surface area contributed by atoms with E-state index in [9.17, 15) is 15.0 Å². The molecule has 1 aliphatic heterocycles. The maximum absolute atomic E-state index is 12.2. The topological polar surface area (TPSA) is 100 Å². The summed E-state index contributed by atoms with van der Waals surface area (Å²) in [5.74, 6) is 0.369. The van der Waals surface area contributed by atoms with E-state index in [0.29, 0.717) is 45.9 Å². The lowest BCUT2D eigenvalue weighted by atomic mass is 10.1. The van der Waals surface area contributed by atoms with Crippen LogP contribution >= 0.6 is 31.9 Å². The second kappa shape index (κ2) is 7.55. The van der Waals surface area contributed by atoms with Crippen LogP contribution in [0.4, 0.5) is 0 Å². The minimum atomic E-state index is -0.438. The third-order valence-electron chi connectivity index (χ3n) is 3.78. The van der Waals surface area contributed by atoms with Crippen molar-refractivity contribution in [3.63, 3.8) is 0 Å². The number of hydrogen-bond acceptors (Lipinski definition) is 6. The molecule has 0 atom stereocenters. The van der Waals surface area contributed by atoms with E-state index in [-0.39, 0.29) is 16.0 Å². The highest BCUT2D eigenvalue weighted by Gasteiger charge is 2.18. The van der Waals surface area contributed by atoms with Gasteiger partial charge in [0.1, 0.15) is 29.2 Å². The number of benzene rings is 2. The van der Waals surface area contributed by atoms with E-state index < -0.39 is 5.91 Å². The van der Waals surface area contributed by atoms with Crippen molar-refractivity contribution in [2.75, 3.05) is 13.2 Å². The molecule has 136 valence electrons. The van der Waals surface area contributed by atoms with Gasteiger partial charge < -0.3 is 19.7 Å². The van der Waals surface area contributed by atoms with Crippen molar-refractivity contribution in [3.8, 4) is 23.0 Å². The van der Waals surface area contributed by atoms with Gasteiger partial charge in [-0.1, -0.05) is 0 Å². The predicted octanol–water partition coefficient (Wildman–Crippen LogP) is 3.47. The molecule has 0 bridgehead atoms. The van der Waals surface area contributed by atoms with Crippen molar-refractivity contribution < 1.29 is 24.5 Å². The Labute approximate surface area is 165 Å². The fraction of sp³-hybridized carbons (Fsp3) is 0.176. The van der Waals surface area contributed by atoms with Gasteiger partial charge in [-0.25, -0.2) is 5.43 Å². The zero-order valence-corrected chi connectivity index (χ0v) is 16.7. The molecule has 0 spiro atoms. The molecule has 1 amide bonds. The van der Waals surface area contributed by atoms with Gasteiger partial charge in [-0.3, -0.25) is 4.79 Å². The summed E-state index contributed by atoms with van der Waals surface area (Å²) in [7, 11) is 0. The van der Waals surface area contributed by atoms with Crippen LogP contribution in [0.1, 0.15) is 21.5 Å². The van der Waals surface area contributed by atoms with Gasteiger partial charge in [0.2, 0.25) is 0 Å². The smallest absolute Gasteiger partial charge is 0.271 e. The molecule has 0 aliphatic carbocycles. The van der Waals surface area contributed by atoms with E-state index >= 15 is 0 Å². The highest BCUT2D eigenvalue weighted by atomic mass is 79.9. The standard InChI is InChI=1S/C17H14Br2N2O5/c1-8-10(15(22)14(19)16(23)13(8)18)7-20-21-17(24)9-2-3-11-12(6-9)26-5-4-25-11/h2-3,6-7,22-23H,4-5H2,1H3,(H,21,24)/b20-7-. The Morgan fingerprint density at radius 1 is 1.15 bits per heavy atom. The number of phenols is 2. The Balaban J connectivity index is 1.78. The number of carbonyl (C=O) groups is 1. The van der Waals surface area contributed by atoms with Gasteiger partial charge in [-0.2, -0.15) is 5.10 Å². The molecule has 26 heavy (non-hydrogen) atoms. The summed E-state index contributed by atoms with van der Waals surface area (Å²) in [5, 5.41) is 23.9. The number of fused-ring (bicyclic) bond motifs is 1. The number of ether oxygens (including phenoxy) is 2. The third kappa shape index (κ3) is 3.49. The van der Waals surface area contributed by atoms with Crippen LogP contribution in [0, 0.1) is 6.92 Å². The van der Waals surface area contributed by atoms with Gasteiger partial charge in [0.25, 0.3) is 5.91 Å². The normalized spacial score (nSPS) is 13.0. The monoisotopic (exact) mass is 484 g/mol. The Bertz CT molecular complexity index is 886. The fourth-order valence-corrected chi connectivity index (χ4v) is 3.45. The number of halogens is 2. The van der Waals surface area contributed by atoms with Crippen LogP contribution < -0.4 is 14.9 Å². The number of phenolic OH excluding ortho intramolecular Hbond substituents is 2. The molecular formula is C17H14Br2N2O5. The Morgan fingerprint density at radius 2 is 1.85 bits per heavy atom. The summed E-state index contributed by atoms with van der Waals surface area (Å²) in [5.41, 5.74) is 3.67. The number of nitrogens with zero attached hydrogens (tertiary/aromatic N) is 1. The minimum Gasteiger partial charge on any atom is -0.506 e. The minimum absolute atomic E-state index is 0.113. The molecule has 3 N–H and O–H groups in total. The van der Waals surface area contributed by atoms with Gasteiger partial charge in [-0.05, 0) is 62.5 Å². The molecule has 0 radical (unpaired) electrons. The number of hydrazone groups is 1. The van der Waals surface area contributed by atoms with E-state index in [2.05, 4.69) is 42.4 Å². The third-order valence-corrected chi connectivity index (χ3v) is 5.50. The predicted molar refractivity (Wildman–Crippen MR) is 102 cm³/mol. The molecular weight excluding hydrogens is 472 g/mol. The zero-order chi connectivity index (χ0) is 18.8. The van der Waals surface area contributed by atoms with Gasteiger partial charge in [0, 0.05) is 11.1 Å². The van der Waals surface area contributed by atoms with Crippen LogP contribution in [0.2, 0.25) is 0 Å². The van der Waals surface area contributed by atoms with Crippen LogP contribution in [0.25, 0.3) is 0 Å². The van der Waals surface area contributed by atoms with Crippen molar-refractivity contribution in [1.82, 2.24) is 5.43 Å². The SMILES string of the molecule is Cc1c(Br)c(O)c(Br)c(O)c1/C=N\NC(=O)c1ccc2c(c1)OCCO2. The summed E-state index contributed by atoms with van der Waals surface area (Å²) >= 11 is 6.34. The second-order valence-corrected chi connectivity index (χ2v) is 7.01. The lowest BCUT2D eigenvalue weighted by Gasteiger charge is -2.18. The van der Waals surface area contributed by atoms with E-state index in [0.717, 1.165) is 0 Å². The van der Waals surface area contributed by atoms with Crippen LogP contribution in [-0.4, -0.2) is 35.5 Å². The van der Waals surface area contributed by atoms with Crippen LogP contribution in [0.5, 0.6) is 23.0 Å². The molecule has 3 rings (SSSR count). The maximum Gasteiger partial charge on any atom is 0.271 e. The van der Waals surface area contributed by atoms with Crippen molar-refractivity contribution in [2.24, 2.45) is 5.10 Å². The first kappa shape index (κ1) is 18.5. The highest BCUT2D eigenvalue weighted by molar-refractivity contribution is 9.11. The summed E-state index contributed by atoms with van der Waals surface area (Å²) in [6.45, 7) is 2.60. The largest absolute Gasteiger partial charge is 0.506 e. The average molecular weight is 486 g/mol. The maximum atomic E-state index is 12.2. The highest BCUT2D eigenvalue weighted by Crippen LogP contribution is 2.43. The Morgan fingerprint density at radius 3 is 2.58 bits per heavy atom. The van der Waals surface area contributed by atoms with Crippen molar-refractivity contribution in [3.05, 3.63) is 43.8 Å². The molecule has 7 nitrogen and oxygen atoms in total.